The van der Waals surface area contributed by atoms with Crippen LogP contribution in [0, 0.1) is 6.42 Å². The van der Waals surface area contributed by atoms with Gasteiger partial charge in [-0.15, -0.1) is 0 Å². The van der Waals surface area contributed by atoms with Gasteiger partial charge in [-0.25, -0.2) is 0 Å². The molecule has 0 saturated heterocycles. The van der Waals surface area contributed by atoms with E-state index in [1.807, 2.05) is 12.1 Å². The van der Waals surface area contributed by atoms with Gasteiger partial charge in [0.25, 0.3) is 0 Å². The molecule has 0 saturated carbocycles. The summed E-state index contributed by atoms with van der Waals surface area (Å²) in [7, 11) is 1.69. The summed E-state index contributed by atoms with van der Waals surface area (Å²) in [5, 5.41) is 0. The van der Waals surface area contributed by atoms with Crippen molar-refractivity contribution >= 4 is 0 Å². The van der Waals surface area contributed by atoms with Gasteiger partial charge >= 0.3 is 0 Å². The Bertz CT molecular complexity index is 213. The Morgan fingerprint density at radius 2 is 1.92 bits per heavy atom. The second kappa shape index (κ2) is 4.81. The molecule has 1 aromatic carbocycles. The van der Waals surface area contributed by atoms with Crippen LogP contribution in [0.1, 0.15) is 18.9 Å². The lowest BCUT2D eigenvalue weighted by Crippen LogP contribution is -1.86. The fourth-order valence-corrected chi connectivity index (χ4v) is 1.10. The van der Waals surface area contributed by atoms with Gasteiger partial charge in [-0.1, -0.05) is 19.1 Å². The molecular weight excluding hydrogens is 148 g/mol. The van der Waals surface area contributed by atoms with Crippen LogP contribution in [0.4, 0.5) is 0 Å². The Hall–Kier alpha value is -0.980. The van der Waals surface area contributed by atoms with Gasteiger partial charge in [0.1, 0.15) is 5.75 Å². The van der Waals surface area contributed by atoms with Crippen molar-refractivity contribution < 1.29 is 4.74 Å². The van der Waals surface area contributed by atoms with Crippen molar-refractivity contribution in [2.75, 3.05) is 7.11 Å². The Morgan fingerprint density at radius 3 is 2.42 bits per heavy atom. The summed E-state index contributed by atoms with van der Waals surface area (Å²) in [5.74, 6) is 0.930. The fraction of sp³-hybridized carbons (Fsp3) is 0.364. The molecule has 1 aromatic rings. The van der Waals surface area contributed by atoms with Crippen molar-refractivity contribution in [2.24, 2.45) is 0 Å². The third-order valence-corrected chi connectivity index (χ3v) is 1.88. The minimum Gasteiger partial charge on any atom is -0.497 e. The molecule has 0 amide bonds. The summed E-state index contributed by atoms with van der Waals surface area (Å²) in [6.45, 7) is 2.09. The lowest BCUT2D eigenvalue weighted by molar-refractivity contribution is 0.414. The molecule has 0 atom stereocenters. The lowest BCUT2D eigenvalue weighted by atomic mass is 10.1. The van der Waals surface area contributed by atoms with Gasteiger partial charge in [-0.05, 0) is 37.0 Å². The van der Waals surface area contributed by atoms with Crippen LogP contribution in [0.15, 0.2) is 24.3 Å². The van der Waals surface area contributed by atoms with Crippen LogP contribution < -0.4 is 4.74 Å². The second-order valence-electron chi connectivity index (χ2n) is 2.79. The summed E-state index contributed by atoms with van der Waals surface area (Å²) in [6.07, 6.45) is 4.46. The fourth-order valence-electron chi connectivity index (χ4n) is 1.10. The number of ether oxygens (including phenoxy) is 1. The number of unbranched alkanes of at least 4 members (excludes halogenated alkanes) is 1. The van der Waals surface area contributed by atoms with Crippen molar-refractivity contribution in [3.8, 4) is 5.75 Å². The molecule has 0 unspecified atom stereocenters. The molecule has 0 aliphatic heterocycles. The third kappa shape index (κ3) is 2.57. The molecule has 1 rings (SSSR count). The summed E-state index contributed by atoms with van der Waals surface area (Å²) in [4.78, 5) is 0. The van der Waals surface area contributed by atoms with Gasteiger partial charge in [0.05, 0.1) is 7.11 Å². The van der Waals surface area contributed by atoms with Crippen molar-refractivity contribution in [2.45, 2.75) is 19.8 Å². The molecular formula is C11H15O. The number of hydrogen-bond donors (Lipinski definition) is 0. The molecule has 1 radical (unpaired) electrons. The predicted molar refractivity (Wildman–Crippen MR) is 51.3 cm³/mol. The molecule has 0 aliphatic rings. The van der Waals surface area contributed by atoms with E-state index in [9.17, 15) is 0 Å². The number of rotatable bonds is 4. The highest BCUT2D eigenvalue weighted by Gasteiger charge is 1.92. The first-order valence-corrected chi connectivity index (χ1v) is 4.27. The first-order chi connectivity index (χ1) is 5.86. The molecule has 0 heterocycles. The molecule has 0 N–H and O–H groups in total. The zero-order valence-electron chi connectivity index (χ0n) is 7.71. The van der Waals surface area contributed by atoms with Gasteiger partial charge in [0.2, 0.25) is 0 Å². The molecule has 12 heavy (non-hydrogen) atoms. The van der Waals surface area contributed by atoms with Crippen LogP contribution in [0.5, 0.6) is 5.75 Å². The highest BCUT2D eigenvalue weighted by molar-refractivity contribution is 5.27. The average Bonchev–Trinajstić information content (AvgIpc) is 2.15. The van der Waals surface area contributed by atoms with Crippen molar-refractivity contribution in [1.82, 2.24) is 0 Å². The van der Waals surface area contributed by atoms with E-state index in [1.165, 1.54) is 5.56 Å². The molecule has 1 nitrogen and oxygen atoms in total. The Kier molecular flexibility index (Phi) is 3.65. The normalized spacial score (nSPS) is 9.83. The van der Waals surface area contributed by atoms with E-state index in [2.05, 4.69) is 25.5 Å². The molecule has 0 aromatic heterocycles. The SMILES string of the molecule is C[CH]CCc1ccc(OC)cc1. The van der Waals surface area contributed by atoms with Crippen LogP contribution in [0.3, 0.4) is 0 Å². The number of aryl methyl sites for hydroxylation is 1. The van der Waals surface area contributed by atoms with Crippen LogP contribution in [0.25, 0.3) is 0 Å². The summed E-state index contributed by atoms with van der Waals surface area (Å²) < 4.78 is 5.07. The van der Waals surface area contributed by atoms with Gasteiger partial charge in [0, 0.05) is 0 Å². The van der Waals surface area contributed by atoms with E-state index in [4.69, 9.17) is 4.74 Å². The maximum Gasteiger partial charge on any atom is 0.118 e. The summed E-state index contributed by atoms with van der Waals surface area (Å²) >= 11 is 0. The van der Waals surface area contributed by atoms with Gasteiger partial charge < -0.3 is 4.74 Å². The van der Waals surface area contributed by atoms with Crippen LogP contribution in [-0.2, 0) is 6.42 Å². The molecule has 0 spiro atoms. The largest absolute Gasteiger partial charge is 0.497 e. The molecule has 65 valence electrons. The minimum atomic E-state index is 0.930. The second-order valence-corrected chi connectivity index (χ2v) is 2.79. The van der Waals surface area contributed by atoms with E-state index in [0.717, 1.165) is 18.6 Å². The van der Waals surface area contributed by atoms with Crippen molar-refractivity contribution in [3.05, 3.63) is 36.2 Å². The van der Waals surface area contributed by atoms with Crippen molar-refractivity contribution in [1.29, 1.82) is 0 Å². The average molecular weight is 163 g/mol. The smallest absolute Gasteiger partial charge is 0.118 e. The molecule has 0 bridgehead atoms. The quantitative estimate of drug-likeness (QED) is 0.663. The van der Waals surface area contributed by atoms with E-state index < -0.39 is 0 Å². The summed E-state index contributed by atoms with van der Waals surface area (Å²) in [6, 6.07) is 8.24. The standard InChI is InChI=1S/C11H15O/c1-3-4-5-10-6-8-11(12-2)9-7-10/h3,6-9H,4-5H2,1-2H3. The van der Waals surface area contributed by atoms with Gasteiger partial charge in [0.15, 0.2) is 0 Å². The maximum atomic E-state index is 5.07. The van der Waals surface area contributed by atoms with E-state index >= 15 is 0 Å². The number of hydrogen-bond acceptors (Lipinski definition) is 1. The lowest BCUT2D eigenvalue weighted by Gasteiger charge is -2.01. The highest BCUT2D eigenvalue weighted by Crippen LogP contribution is 2.12. The Labute approximate surface area is 74.4 Å². The Balaban J connectivity index is 2.53. The maximum absolute atomic E-state index is 5.07. The van der Waals surface area contributed by atoms with E-state index in [0.29, 0.717) is 0 Å². The first kappa shape index (κ1) is 9.11. The predicted octanol–water partition coefficient (Wildman–Crippen LogP) is 2.85. The summed E-state index contributed by atoms with van der Waals surface area (Å²) in [5.41, 5.74) is 1.37. The minimum absolute atomic E-state index is 0.930. The Morgan fingerprint density at radius 1 is 1.25 bits per heavy atom. The zero-order chi connectivity index (χ0) is 8.81. The highest BCUT2D eigenvalue weighted by atomic mass is 16.5. The molecule has 1 heteroatoms. The topological polar surface area (TPSA) is 9.23 Å². The van der Waals surface area contributed by atoms with Gasteiger partial charge in [-0.2, -0.15) is 0 Å². The van der Waals surface area contributed by atoms with Gasteiger partial charge in [-0.3, -0.25) is 0 Å². The number of benzene rings is 1. The van der Waals surface area contributed by atoms with Crippen LogP contribution >= 0.6 is 0 Å². The monoisotopic (exact) mass is 163 g/mol. The zero-order valence-corrected chi connectivity index (χ0v) is 7.71. The van der Waals surface area contributed by atoms with Crippen molar-refractivity contribution in [3.63, 3.8) is 0 Å². The van der Waals surface area contributed by atoms with Crippen LogP contribution in [0.2, 0.25) is 0 Å². The van der Waals surface area contributed by atoms with Crippen LogP contribution in [-0.4, -0.2) is 7.11 Å². The van der Waals surface area contributed by atoms with E-state index in [1.54, 1.807) is 7.11 Å². The van der Waals surface area contributed by atoms with E-state index in [-0.39, 0.29) is 0 Å². The third-order valence-electron chi connectivity index (χ3n) is 1.88. The number of methoxy groups -OCH3 is 1. The molecule has 0 aliphatic carbocycles. The first-order valence-electron chi connectivity index (χ1n) is 4.27. The molecule has 0 fully saturated rings.